The van der Waals surface area contributed by atoms with Crippen LogP contribution in [0.3, 0.4) is 0 Å². The molecule has 4 atom stereocenters. The lowest BCUT2D eigenvalue weighted by Crippen LogP contribution is -2.29. The topological polar surface area (TPSA) is 64.8 Å². The van der Waals surface area contributed by atoms with Crippen molar-refractivity contribution >= 4 is 5.97 Å². The van der Waals surface area contributed by atoms with Gasteiger partial charge < -0.3 is 15.2 Å². The van der Waals surface area contributed by atoms with Gasteiger partial charge in [0, 0.05) is 18.0 Å². The first-order valence-electron chi connectivity index (χ1n) is 7.01. The Labute approximate surface area is 113 Å². The van der Waals surface area contributed by atoms with Crippen LogP contribution in [0, 0.1) is 5.92 Å². The van der Waals surface area contributed by atoms with Crippen molar-refractivity contribution in [2.75, 3.05) is 6.54 Å². The van der Waals surface area contributed by atoms with Gasteiger partial charge in [-0.2, -0.15) is 0 Å². The molecule has 0 spiro atoms. The highest BCUT2D eigenvalue weighted by Crippen LogP contribution is 2.49. The number of esters is 1. The van der Waals surface area contributed by atoms with Gasteiger partial charge in [0.25, 0.3) is 0 Å². The molecule has 1 aliphatic carbocycles. The summed E-state index contributed by atoms with van der Waals surface area (Å²) in [6, 6.07) is 0. The SMILES string of the molecule is C=C1C(=O)O[C@H]2[C@H]1CCC(CN)=CCC[C@@]1(C)O[C@@H]21. The van der Waals surface area contributed by atoms with Gasteiger partial charge >= 0.3 is 5.97 Å². The number of epoxide rings is 1. The average Bonchev–Trinajstić information content (AvgIpc) is 2.97. The summed E-state index contributed by atoms with van der Waals surface area (Å²) in [5.41, 5.74) is 7.47. The fraction of sp³-hybridized carbons (Fsp3) is 0.667. The summed E-state index contributed by atoms with van der Waals surface area (Å²) in [7, 11) is 0. The van der Waals surface area contributed by atoms with Crippen molar-refractivity contribution in [1.82, 2.24) is 0 Å². The lowest BCUT2D eigenvalue weighted by atomic mass is 9.84. The van der Waals surface area contributed by atoms with Crippen molar-refractivity contribution in [3.63, 3.8) is 0 Å². The molecule has 2 fully saturated rings. The fourth-order valence-electron chi connectivity index (χ4n) is 3.31. The molecule has 104 valence electrons. The predicted molar refractivity (Wildman–Crippen MR) is 71.4 cm³/mol. The van der Waals surface area contributed by atoms with Crippen molar-refractivity contribution in [1.29, 1.82) is 0 Å². The second kappa shape index (κ2) is 4.46. The molecule has 0 unspecified atom stereocenters. The zero-order valence-corrected chi connectivity index (χ0v) is 11.4. The minimum Gasteiger partial charge on any atom is -0.455 e. The molecule has 0 aromatic rings. The van der Waals surface area contributed by atoms with Gasteiger partial charge in [-0.3, -0.25) is 0 Å². The summed E-state index contributed by atoms with van der Waals surface area (Å²) in [6.45, 7) is 6.57. The van der Waals surface area contributed by atoms with E-state index in [0.29, 0.717) is 12.1 Å². The van der Waals surface area contributed by atoms with Crippen molar-refractivity contribution in [3.8, 4) is 0 Å². The average molecular weight is 263 g/mol. The zero-order valence-electron chi connectivity index (χ0n) is 11.4. The molecule has 0 radical (unpaired) electrons. The van der Waals surface area contributed by atoms with E-state index in [1.807, 2.05) is 0 Å². The molecule has 4 nitrogen and oxygen atoms in total. The number of hydrogen-bond donors (Lipinski definition) is 1. The van der Waals surface area contributed by atoms with E-state index in [1.165, 1.54) is 5.57 Å². The largest absolute Gasteiger partial charge is 0.455 e. The maximum atomic E-state index is 11.7. The molecular formula is C15H21NO3. The first-order valence-corrected chi connectivity index (χ1v) is 7.01. The zero-order chi connectivity index (χ0) is 13.6. The highest BCUT2D eigenvalue weighted by molar-refractivity contribution is 5.91. The Morgan fingerprint density at radius 2 is 2.37 bits per heavy atom. The number of rotatable bonds is 1. The molecule has 0 aromatic heterocycles. The van der Waals surface area contributed by atoms with Gasteiger partial charge in [0.1, 0.15) is 12.2 Å². The third kappa shape index (κ3) is 2.13. The normalized spacial score (nSPS) is 42.0. The molecule has 0 aromatic carbocycles. The molecule has 3 rings (SSSR count). The summed E-state index contributed by atoms with van der Waals surface area (Å²) >= 11 is 0. The van der Waals surface area contributed by atoms with Gasteiger partial charge in [0.05, 0.1) is 5.60 Å². The summed E-state index contributed by atoms with van der Waals surface area (Å²) < 4.78 is 11.3. The molecule has 0 saturated carbocycles. The third-order valence-electron chi connectivity index (χ3n) is 4.70. The Kier molecular flexibility index (Phi) is 3.02. The number of allylic oxidation sites excluding steroid dienone is 1. The van der Waals surface area contributed by atoms with Crippen LogP contribution in [-0.2, 0) is 14.3 Å². The van der Waals surface area contributed by atoms with Gasteiger partial charge in [-0.05, 0) is 32.6 Å². The first-order chi connectivity index (χ1) is 9.05. The van der Waals surface area contributed by atoms with Crippen LogP contribution in [0.15, 0.2) is 23.8 Å². The number of carbonyl (C=O) groups excluding carboxylic acids is 1. The van der Waals surface area contributed by atoms with Gasteiger partial charge in [0.15, 0.2) is 0 Å². The van der Waals surface area contributed by atoms with Crippen LogP contribution < -0.4 is 5.73 Å². The van der Waals surface area contributed by atoms with Crippen molar-refractivity contribution in [3.05, 3.63) is 23.8 Å². The van der Waals surface area contributed by atoms with Crippen LogP contribution in [0.25, 0.3) is 0 Å². The summed E-state index contributed by atoms with van der Waals surface area (Å²) in [5.74, 6) is -0.183. The summed E-state index contributed by atoms with van der Waals surface area (Å²) in [5, 5.41) is 0. The second-order valence-corrected chi connectivity index (χ2v) is 6.00. The fourth-order valence-corrected chi connectivity index (χ4v) is 3.31. The number of hydrogen-bond acceptors (Lipinski definition) is 4. The Morgan fingerprint density at radius 1 is 1.58 bits per heavy atom. The summed E-state index contributed by atoms with van der Waals surface area (Å²) in [6.07, 6.45) is 5.83. The van der Waals surface area contributed by atoms with Crippen LogP contribution in [0.2, 0.25) is 0 Å². The Morgan fingerprint density at radius 3 is 3.11 bits per heavy atom. The molecule has 4 heteroatoms. The quantitative estimate of drug-likeness (QED) is 0.338. The maximum Gasteiger partial charge on any atom is 0.334 e. The lowest BCUT2D eigenvalue weighted by Gasteiger charge is -2.19. The van der Waals surface area contributed by atoms with Gasteiger partial charge in [-0.15, -0.1) is 0 Å². The minimum atomic E-state index is -0.259. The van der Waals surface area contributed by atoms with E-state index < -0.39 is 0 Å². The number of carbonyl (C=O) groups is 1. The van der Waals surface area contributed by atoms with Crippen molar-refractivity contribution < 1.29 is 14.3 Å². The molecule has 2 saturated heterocycles. The van der Waals surface area contributed by atoms with E-state index in [2.05, 4.69) is 19.6 Å². The van der Waals surface area contributed by atoms with E-state index in [9.17, 15) is 4.79 Å². The van der Waals surface area contributed by atoms with Crippen LogP contribution >= 0.6 is 0 Å². The van der Waals surface area contributed by atoms with E-state index in [4.69, 9.17) is 15.2 Å². The number of ether oxygens (including phenoxy) is 2. The highest BCUT2D eigenvalue weighted by atomic mass is 16.6. The molecule has 3 aliphatic rings. The van der Waals surface area contributed by atoms with Crippen molar-refractivity contribution in [2.45, 2.75) is 50.4 Å². The third-order valence-corrected chi connectivity index (χ3v) is 4.70. The van der Waals surface area contributed by atoms with Crippen LogP contribution in [-0.4, -0.2) is 30.3 Å². The van der Waals surface area contributed by atoms with Crippen molar-refractivity contribution in [2.24, 2.45) is 11.7 Å². The standard InChI is InChI=1S/C15H21NO3/c1-9-11-6-5-10(8-16)4-3-7-15(2)13(19-15)12(11)18-14(9)17/h4,11-13H,1,3,5-8,16H2,2H3/t11-,12-,13-,15+/m0/s1. The first kappa shape index (κ1) is 12.9. The summed E-state index contributed by atoms with van der Waals surface area (Å²) in [4.78, 5) is 11.7. The van der Waals surface area contributed by atoms with Crippen LogP contribution in [0.4, 0.5) is 0 Å². The van der Waals surface area contributed by atoms with Crippen LogP contribution in [0.5, 0.6) is 0 Å². The van der Waals surface area contributed by atoms with E-state index in [-0.39, 0.29) is 29.7 Å². The molecule has 0 amide bonds. The number of nitrogens with two attached hydrogens (primary N) is 1. The van der Waals surface area contributed by atoms with E-state index in [0.717, 1.165) is 25.7 Å². The minimum absolute atomic E-state index is 0.0357. The molecular weight excluding hydrogens is 242 g/mol. The highest BCUT2D eigenvalue weighted by Gasteiger charge is 2.61. The monoisotopic (exact) mass is 263 g/mol. The number of fused-ring (bicyclic) bond motifs is 3. The molecule has 2 heterocycles. The Hall–Kier alpha value is -1.13. The Balaban J connectivity index is 1.86. The second-order valence-electron chi connectivity index (χ2n) is 6.00. The Bertz CT molecular complexity index is 456. The molecule has 2 aliphatic heterocycles. The van der Waals surface area contributed by atoms with E-state index >= 15 is 0 Å². The van der Waals surface area contributed by atoms with Crippen LogP contribution in [0.1, 0.15) is 32.6 Å². The molecule has 19 heavy (non-hydrogen) atoms. The molecule has 2 N–H and O–H groups in total. The van der Waals surface area contributed by atoms with E-state index in [1.54, 1.807) is 0 Å². The smallest absolute Gasteiger partial charge is 0.334 e. The van der Waals surface area contributed by atoms with Gasteiger partial charge in [0.2, 0.25) is 0 Å². The van der Waals surface area contributed by atoms with Gasteiger partial charge in [-0.1, -0.05) is 18.2 Å². The maximum absolute atomic E-state index is 11.7. The predicted octanol–water partition coefficient (Wildman–Crippen LogP) is 1.70. The molecule has 0 bridgehead atoms. The lowest BCUT2D eigenvalue weighted by molar-refractivity contribution is -0.140. The van der Waals surface area contributed by atoms with Gasteiger partial charge in [-0.25, -0.2) is 4.79 Å².